The van der Waals surface area contributed by atoms with Crippen LogP contribution in [0.2, 0.25) is 0 Å². The first-order valence-corrected chi connectivity index (χ1v) is 8.93. The lowest BCUT2D eigenvalue weighted by molar-refractivity contribution is -0.165. The number of piperidine rings is 1. The van der Waals surface area contributed by atoms with Crippen LogP contribution in [-0.4, -0.2) is 57.8 Å². The van der Waals surface area contributed by atoms with E-state index in [1.165, 1.54) is 0 Å². The molecule has 0 aliphatic carbocycles. The van der Waals surface area contributed by atoms with Crippen molar-refractivity contribution in [2.24, 2.45) is 0 Å². The maximum absolute atomic E-state index is 12.7. The molecule has 0 aromatic heterocycles. The molecule has 2 heterocycles. The minimum Gasteiger partial charge on any atom is -0.329 e. The van der Waals surface area contributed by atoms with Crippen LogP contribution in [-0.2, 0) is 9.59 Å². The zero-order valence-corrected chi connectivity index (χ0v) is 13.6. The normalized spacial score (nSPS) is 28.6. The third-order valence-electron chi connectivity index (χ3n) is 4.46. The minimum atomic E-state index is -0.293. The Hall–Kier alpha value is -0.710. The predicted molar refractivity (Wildman–Crippen MR) is 82.7 cm³/mol. The first-order valence-electron chi connectivity index (χ1n) is 7.78. The first kappa shape index (κ1) is 15.7. The number of nitrogens with zero attached hydrogens (tertiary/aromatic N) is 2. The first-order chi connectivity index (χ1) is 9.57. The van der Waals surface area contributed by atoms with E-state index in [9.17, 15) is 9.59 Å². The van der Waals surface area contributed by atoms with E-state index >= 15 is 0 Å². The van der Waals surface area contributed by atoms with Gasteiger partial charge in [-0.05, 0) is 51.0 Å². The van der Waals surface area contributed by atoms with E-state index in [-0.39, 0.29) is 29.9 Å². The summed E-state index contributed by atoms with van der Waals surface area (Å²) in [5.41, 5.74) is 0. The van der Waals surface area contributed by atoms with Crippen LogP contribution in [0.3, 0.4) is 0 Å². The number of carbonyl (C=O) groups is 2. The van der Waals surface area contributed by atoms with Crippen molar-refractivity contribution in [3.63, 3.8) is 0 Å². The van der Waals surface area contributed by atoms with Gasteiger partial charge in [-0.3, -0.25) is 9.59 Å². The molecule has 2 aliphatic rings. The van der Waals surface area contributed by atoms with Crippen LogP contribution in [0.25, 0.3) is 0 Å². The van der Waals surface area contributed by atoms with Gasteiger partial charge < -0.3 is 9.80 Å². The summed E-state index contributed by atoms with van der Waals surface area (Å²) in [4.78, 5) is 28.9. The molecular weight excluding hydrogens is 272 g/mol. The summed E-state index contributed by atoms with van der Waals surface area (Å²) in [6, 6.07) is -0.322. The lowest BCUT2D eigenvalue weighted by Gasteiger charge is -2.48. The number of rotatable bonds is 5. The van der Waals surface area contributed by atoms with Crippen LogP contribution in [0.5, 0.6) is 0 Å². The monoisotopic (exact) mass is 298 g/mol. The number of fused-ring (bicyclic) bond motifs is 1. The number of piperazine rings is 1. The molecule has 20 heavy (non-hydrogen) atoms. The van der Waals surface area contributed by atoms with Gasteiger partial charge in [-0.1, -0.05) is 6.92 Å². The van der Waals surface area contributed by atoms with Crippen molar-refractivity contribution in [2.75, 3.05) is 18.1 Å². The van der Waals surface area contributed by atoms with Gasteiger partial charge in [-0.25, -0.2) is 0 Å². The Morgan fingerprint density at radius 1 is 1.30 bits per heavy atom. The van der Waals surface area contributed by atoms with Crippen LogP contribution < -0.4 is 0 Å². The number of hydrogen-bond acceptors (Lipinski definition) is 3. The Bertz CT molecular complexity index is 375. The van der Waals surface area contributed by atoms with Crippen molar-refractivity contribution < 1.29 is 9.59 Å². The van der Waals surface area contributed by atoms with E-state index < -0.39 is 0 Å². The van der Waals surface area contributed by atoms with E-state index in [1.54, 1.807) is 0 Å². The topological polar surface area (TPSA) is 40.6 Å². The van der Waals surface area contributed by atoms with E-state index in [0.717, 1.165) is 43.7 Å². The summed E-state index contributed by atoms with van der Waals surface area (Å²) < 4.78 is 0. The molecule has 2 amide bonds. The molecule has 0 saturated carbocycles. The largest absolute Gasteiger partial charge is 0.329 e. The molecule has 3 unspecified atom stereocenters. The fourth-order valence-corrected chi connectivity index (χ4v) is 4.11. The van der Waals surface area contributed by atoms with Crippen LogP contribution >= 0.6 is 11.8 Å². The Morgan fingerprint density at radius 3 is 2.75 bits per heavy atom. The molecule has 4 nitrogen and oxygen atoms in total. The van der Waals surface area contributed by atoms with Crippen LogP contribution in [0.1, 0.15) is 46.5 Å². The lowest BCUT2D eigenvalue weighted by atomic mass is 9.94. The average Bonchev–Trinajstić information content (AvgIpc) is 2.45. The second kappa shape index (κ2) is 6.83. The maximum atomic E-state index is 12.7. The Labute approximate surface area is 126 Å². The zero-order chi connectivity index (χ0) is 14.7. The highest BCUT2D eigenvalue weighted by Gasteiger charge is 2.45. The van der Waals surface area contributed by atoms with Gasteiger partial charge in [-0.2, -0.15) is 11.8 Å². The second-order valence-corrected chi connectivity index (χ2v) is 7.19. The van der Waals surface area contributed by atoms with Gasteiger partial charge in [0.2, 0.25) is 11.8 Å². The fraction of sp³-hybridized carbons (Fsp3) is 0.867. The highest BCUT2D eigenvalue weighted by molar-refractivity contribution is 7.99. The van der Waals surface area contributed by atoms with E-state index in [1.807, 2.05) is 28.5 Å². The highest BCUT2D eigenvalue weighted by atomic mass is 32.2. The van der Waals surface area contributed by atoms with Crippen molar-refractivity contribution in [1.82, 2.24) is 9.80 Å². The number of carbonyl (C=O) groups excluding carboxylic acids is 2. The van der Waals surface area contributed by atoms with Crippen molar-refractivity contribution in [2.45, 2.75) is 64.6 Å². The van der Waals surface area contributed by atoms with Gasteiger partial charge in [0.25, 0.3) is 0 Å². The molecular formula is C15H26N2O2S. The highest BCUT2D eigenvalue weighted by Crippen LogP contribution is 2.28. The molecule has 2 fully saturated rings. The van der Waals surface area contributed by atoms with E-state index in [2.05, 4.69) is 13.8 Å². The number of thioether (sulfide) groups is 1. The average molecular weight is 298 g/mol. The summed E-state index contributed by atoms with van der Waals surface area (Å²) in [5.74, 6) is 2.47. The van der Waals surface area contributed by atoms with Crippen LogP contribution in [0, 0.1) is 0 Å². The third kappa shape index (κ3) is 2.97. The van der Waals surface area contributed by atoms with E-state index in [4.69, 9.17) is 0 Å². The molecule has 0 aromatic carbocycles. The summed E-state index contributed by atoms with van der Waals surface area (Å²) in [6.45, 7) is 6.87. The summed E-state index contributed by atoms with van der Waals surface area (Å²) in [5, 5.41) is 0. The molecule has 2 aliphatic heterocycles. The van der Waals surface area contributed by atoms with Gasteiger partial charge in [0.15, 0.2) is 0 Å². The Kier molecular flexibility index (Phi) is 5.35. The van der Waals surface area contributed by atoms with Gasteiger partial charge >= 0.3 is 0 Å². The van der Waals surface area contributed by atoms with Crippen molar-refractivity contribution in [3.05, 3.63) is 0 Å². The maximum Gasteiger partial charge on any atom is 0.246 e. The quantitative estimate of drug-likeness (QED) is 0.730. The molecule has 2 saturated heterocycles. The molecule has 0 bridgehead atoms. The van der Waals surface area contributed by atoms with Crippen LogP contribution in [0.15, 0.2) is 0 Å². The third-order valence-corrected chi connectivity index (χ3v) is 5.39. The Morgan fingerprint density at radius 2 is 2.05 bits per heavy atom. The Balaban J connectivity index is 2.07. The van der Waals surface area contributed by atoms with Gasteiger partial charge in [0, 0.05) is 12.6 Å². The fourth-order valence-electron chi connectivity index (χ4n) is 3.31. The molecule has 0 radical (unpaired) electrons. The van der Waals surface area contributed by atoms with Crippen molar-refractivity contribution >= 4 is 23.6 Å². The number of hydrogen-bond donors (Lipinski definition) is 0. The summed E-state index contributed by atoms with van der Waals surface area (Å²) in [7, 11) is 0. The second-order valence-electron chi connectivity index (χ2n) is 5.80. The molecule has 2 rings (SSSR count). The molecule has 3 atom stereocenters. The van der Waals surface area contributed by atoms with Gasteiger partial charge in [-0.15, -0.1) is 0 Å². The summed E-state index contributed by atoms with van der Waals surface area (Å²) >= 11 is 1.89. The van der Waals surface area contributed by atoms with Gasteiger partial charge in [0.05, 0.1) is 0 Å². The number of amides is 2. The predicted octanol–water partition coefficient (Wildman–Crippen LogP) is 2.13. The molecule has 0 aromatic rings. The van der Waals surface area contributed by atoms with Gasteiger partial charge in [0.1, 0.15) is 12.1 Å². The molecule has 114 valence electrons. The standard InChI is InChI=1S/C15H26N2O2S/c1-4-20-10-8-11(2)17-12(3)14(18)16-9-6-5-7-13(16)15(17)19/h11-13H,4-10H2,1-3H3. The SMILES string of the molecule is CCSCCC(C)N1C(=O)C2CCCCN2C(=O)C1C. The van der Waals surface area contributed by atoms with Crippen molar-refractivity contribution in [3.8, 4) is 0 Å². The van der Waals surface area contributed by atoms with Crippen LogP contribution in [0.4, 0.5) is 0 Å². The van der Waals surface area contributed by atoms with Crippen molar-refractivity contribution in [1.29, 1.82) is 0 Å². The van der Waals surface area contributed by atoms with E-state index in [0.29, 0.717) is 0 Å². The minimum absolute atomic E-state index is 0.143. The molecule has 5 heteroatoms. The molecule has 0 N–H and O–H groups in total. The summed E-state index contributed by atoms with van der Waals surface area (Å²) in [6.07, 6.45) is 3.90. The molecule has 0 spiro atoms. The lowest BCUT2D eigenvalue weighted by Crippen LogP contribution is -2.66. The smallest absolute Gasteiger partial charge is 0.246 e. The zero-order valence-electron chi connectivity index (χ0n) is 12.8.